The largest absolute Gasteiger partial charge is 0.397 e. The highest BCUT2D eigenvalue weighted by molar-refractivity contribution is 5.71. The molecule has 0 saturated carbocycles. The monoisotopic (exact) mass is 136 g/mol. The van der Waals surface area contributed by atoms with Gasteiger partial charge in [-0.15, -0.1) is 0 Å². The molecule has 0 aliphatic heterocycles. The summed E-state index contributed by atoms with van der Waals surface area (Å²) in [5.74, 6) is 0. The maximum atomic E-state index is 5.41. The molecule has 10 heavy (non-hydrogen) atoms. The quantitative estimate of drug-likeness (QED) is 0.559. The van der Waals surface area contributed by atoms with Crippen LogP contribution in [0.5, 0.6) is 0 Å². The number of pyridine rings is 1. The normalized spacial score (nSPS) is 10.4. The average molecular weight is 136 g/mol. The molecule has 0 saturated heterocycles. The van der Waals surface area contributed by atoms with Crippen molar-refractivity contribution >= 4 is 16.9 Å². The molecule has 0 unspecified atom stereocenters. The molecule has 2 rings (SSSR count). The Labute approximate surface area is 55.8 Å². The van der Waals surface area contributed by atoms with E-state index in [1.807, 2.05) is 0 Å². The van der Waals surface area contributed by atoms with Gasteiger partial charge in [-0.1, -0.05) is 0 Å². The van der Waals surface area contributed by atoms with Crippen LogP contribution in [0.3, 0.4) is 0 Å². The van der Waals surface area contributed by atoms with Crippen molar-refractivity contribution < 1.29 is 4.63 Å². The Morgan fingerprint density at radius 3 is 3.20 bits per heavy atom. The van der Waals surface area contributed by atoms with Crippen LogP contribution in [-0.4, -0.2) is 15.3 Å². The minimum Gasteiger partial charge on any atom is -0.397 e. The highest BCUT2D eigenvalue weighted by Crippen LogP contribution is 2.08. The minimum atomic E-state index is 0.481. The molecule has 0 aliphatic carbocycles. The van der Waals surface area contributed by atoms with E-state index in [0.717, 1.165) is 0 Å². The maximum absolute atomic E-state index is 5.41. The highest BCUT2D eigenvalue weighted by atomic mass is 16.6. The van der Waals surface area contributed by atoms with Crippen LogP contribution >= 0.6 is 0 Å². The van der Waals surface area contributed by atoms with Crippen molar-refractivity contribution in [2.45, 2.75) is 0 Å². The lowest BCUT2D eigenvalue weighted by Gasteiger charge is -1.85. The molecular weight excluding hydrogens is 132 g/mol. The van der Waals surface area contributed by atoms with Crippen LogP contribution in [0, 0.1) is 0 Å². The smallest absolute Gasteiger partial charge is 0.224 e. The van der Waals surface area contributed by atoms with Crippen molar-refractivity contribution in [3.8, 4) is 0 Å². The Morgan fingerprint density at radius 1 is 1.40 bits per heavy atom. The van der Waals surface area contributed by atoms with Crippen LogP contribution in [0.4, 0.5) is 5.69 Å². The number of hydrogen-bond donors (Lipinski definition) is 1. The number of aromatic nitrogens is 3. The van der Waals surface area contributed by atoms with E-state index in [1.165, 1.54) is 6.20 Å². The highest BCUT2D eigenvalue weighted by Gasteiger charge is 1.99. The third-order valence-corrected chi connectivity index (χ3v) is 1.13. The zero-order valence-corrected chi connectivity index (χ0v) is 4.98. The molecule has 0 spiro atoms. The molecular formula is C5H4N4O. The molecule has 0 amide bonds. The van der Waals surface area contributed by atoms with Crippen molar-refractivity contribution in [3.63, 3.8) is 0 Å². The van der Waals surface area contributed by atoms with E-state index in [9.17, 15) is 0 Å². The summed E-state index contributed by atoms with van der Waals surface area (Å²) in [6, 6.07) is 1.65. The Bertz CT molecular complexity index is 355. The number of fused-ring (bicyclic) bond motifs is 1. The molecule has 2 N–H and O–H groups in total. The first-order valence-electron chi connectivity index (χ1n) is 2.70. The van der Waals surface area contributed by atoms with E-state index in [0.29, 0.717) is 16.9 Å². The lowest BCUT2D eigenvalue weighted by molar-refractivity contribution is 0.315. The Balaban J connectivity index is 2.86. The molecule has 5 nitrogen and oxygen atoms in total. The van der Waals surface area contributed by atoms with Crippen molar-refractivity contribution in [2.75, 3.05) is 5.73 Å². The molecule has 2 heterocycles. The first-order valence-corrected chi connectivity index (χ1v) is 2.70. The van der Waals surface area contributed by atoms with Gasteiger partial charge in [0.1, 0.15) is 0 Å². The van der Waals surface area contributed by atoms with Gasteiger partial charge in [-0.05, 0) is 16.4 Å². The van der Waals surface area contributed by atoms with E-state index in [-0.39, 0.29) is 0 Å². The summed E-state index contributed by atoms with van der Waals surface area (Å²) in [7, 11) is 0. The average Bonchev–Trinajstić information content (AvgIpc) is 2.33. The van der Waals surface area contributed by atoms with Crippen molar-refractivity contribution in [2.24, 2.45) is 0 Å². The SMILES string of the molecule is Nc1cnc2nonc2c1. The zero-order valence-electron chi connectivity index (χ0n) is 4.98. The van der Waals surface area contributed by atoms with Gasteiger partial charge in [-0.2, -0.15) is 0 Å². The predicted molar refractivity (Wildman–Crippen MR) is 34.0 cm³/mol. The second-order valence-corrected chi connectivity index (χ2v) is 1.88. The fourth-order valence-electron chi connectivity index (χ4n) is 0.702. The molecule has 0 aromatic carbocycles. The van der Waals surface area contributed by atoms with Gasteiger partial charge in [0, 0.05) is 0 Å². The number of nitrogens with zero attached hydrogens (tertiary/aromatic N) is 3. The van der Waals surface area contributed by atoms with Gasteiger partial charge < -0.3 is 5.73 Å². The summed E-state index contributed by atoms with van der Waals surface area (Å²) in [5, 5.41) is 7.06. The third-order valence-electron chi connectivity index (χ3n) is 1.13. The van der Waals surface area contributed by atoms with Gasteiger partial charge in [-0.25, -0.2) is 9.61 Å². The molecule has 50 valence electrons. The van der Waals surface area contributed by atoms with Gasteiger partial charge in [0.2, 0.25) is 5.65 Å². The van der Waals surface area contributed by atoms with E-state index >= 15 is 0 Å². The molecule has 0 bridgehead atoms. The molecule has 0 aliphatic rings. The minimum absolute atomic E-state index is 0.481. The topological polar surface area (TPSA) is 77.8 Å². The summed E-state index contributed by atoms with van der Waals surface area (Å²) >= 11 is 0. The van der Waals surface area contributed by atoms with Crippen molar-refractivity contribution in [3.05, 3.63) is 12.3 Å². The Hall–Kier alpha value is -1.65. The lowest BCUT2D eigenvalue weighted by atomic mass is 10.4. The molecule has 2 aromatic heterocycles. The van der Waals surface area contributed by atoms with Gasteiger partial charge in [0.15, 0.2) is 5.52 Å². The van der Waals surface area contributed by atoms with Crippen LogP contribution in [0.15, 0.2) is 16.9 Å². The molecule has 0 radical (unpaired) electrons. The summed E-state index contributed by atoms with van der Waals surface area (Å²) in [4.78, 5) is 3.85. The number of rotatable bonds is 0. The number of hydrogen-bond acceptors (Lipinski definition) is 5. The number of nitrogens with two attached hydrogens (primary N) is 1. The molecule has 5 heteroatoms. The standard InChI is InChI=1S/C5H4N4O/c6-3-1-4-5(7-2-3)9-10-8-4/h1-2H,6H2. The number of nitrogen functional groups attached to an aromatic ring is 1. The van der Waals surface area contributed by atoms with Crippen molar-refractivity contribution in [1.82, 2.24) is 15.3 Å². The van der Waals surface area contributed by atoms with E-state index in [2.05, 4.69) is 19.9 Å². The van der Waals surface area contributed by atoms with Crippen LogP contribution in [0.25, 0.3) is 11.2 Å². The molecule has 2 aromatic rings. The predicted octanol–water partition coefficient (Wildman–Crippen LogP) is 0.200. The number of anilines is 1. The van der Waals surface area contributed by atoms with Crippen LogP contribution in [0.2, 0.25) is 0 Å². The lowest BCUT2D eigenvalue weighted by Crippen LogP contribution is -1.85. The molecule has 0 fully saturated rings. The fraction of sp³-hybridized carbons (Fsp3) is 0. The fourth-order valence-corrected chi connectivity index (χ4v) is 0.702. The third kappa shape index (κ3) is 0.604. The first-order chi connectivity index (χ1) is 4.86. The first kappa shape index (κ1) is 5.16. The van der Waals surface area contributed by atoms with Crippen molar-refractivity contribution in [1.29, 1.82) is 0 Å². The second-order valence-electron chi connectivity index (χ2n) is 1.88. The Morgan fingerprint density at radius 2 is 2.30 bits per heavy atom. The van der Waals surface area contributed by atoms with E-state index < -0.39 is 0 Å². The van der Waals surface area contributed by atoms with Gasteiger partial charge in [-0.3, -0.25) is 0 Å². The summed E-state index contributed by atoms with van der Waals surface area (Å²) < 4.78 is 4.40. The summed E-state index contributed by atoms with van der Waals surface area (Å²) in [5.41, 5.74) is 7.03. The second kappa shape index (κ2) is 1.66. The van der Waals surface area contributed by atoms with Crippen LogP contribution in [-0.2, 0) is 0 Å². The van der Waals surface area contributed by atoms with Crippen LogP contribution in [0.1, 0.15) is 0 Å². The summed E-state index contributed by atoms with van der Waals surface area (Å²) in [6.07, 6.45) is 1.51. The van der Waals surface area contributed by atoms with Gasteiger partial charge in [0.25, 0.3) is 0 Å². The molecule has 0 atom stereocenters. The summed E-state index contributed by atoms with van der Waals surface area (Å²) in [6.45, 7) is 0. The van der Waals surface area contributed by atoms with Crippen LogP contribution < -0.4 is 5.73 Å². The maximum Gasteiger partial charge on any atom is 0.224 e. The van der Waals surface area contributed by atoms with E-state index in [1.54, 1.807) is 6.07 Å². The van der Waals surface area contributed by atoms with Gasteiger partial charge in [0.05, 0.1) is 11.9 Å². The van der Waals surface area contributed by atoms with E-state index in [4.69, 9.17) is 5.73 Å². The zero-order chi connectivity index (χ0) is 6.97. The Kier molecular flexibility index (Phi) is 0.858. The van der Waals surface area contributed by atoms with Gasteiger partial charge >= 0.3 is 0 Å².